The fourth-order valence-electron chi connectivity index (χ4n) is 4.37. The van der Waals surface area contributed by atoms with E-state index in [1.165, 1.54) is 5.56 Å². The van der Waals surface area contributed by atoms with Gasteiger partial charge in [0, 0.05) is 34.8 Å². The van der Waals surface area contributed by atoms with Crippen LogP contribution in [0.2, 0.25) is 0 Å². The standard InChI is InChI=1S/C25H22N2O2/c28-24-25(29,21-17-26-22-14-6-4-12-19(21)22)20-13-5-7-15-23(20)27(24)16-8-11-18-9-2-1-3-10-18/h1-7,9-10,12-15,17,26,29H,8,11,16H2. The molecule has 0 aliphatic carbocycles. The fourth-order valence-corrected chi connectivity index (χ4v) is 4.37. The van der Waals surface area contributed by atoms with Crippen molar-refractivity contribution < 1.29 is 9.90 Å². The number of aryl methyl sites for hydroxylation is 1. The SMILES string of the molecule is O=C1N(CCCc2ccccc2)c2ccccc2C1(O)c1c[nH]c2ccccc12. The average molecular weight is 382 g/mol. The molecule has 3 aromatic carbocycles. The number of rotatable bonds is 5. The van der Waals surface area contributed by atoms with Crippen LogP contribution in [0.25, 0.3) is 10.9 Å². The smallest absolute Gasteiger partial charge is 0.268 e. The highest BCUT2D eigenvalue weighted by atomic mass is 16.3. The third-order valence-electron chi connectivity index (χ3n) is 5.81. The van der Waals surface area contributed by atoms with Crippen LogP contribution >= 0.6 is 0 Å². The van der Waals surface area contributed by atoms with Gasteiger partial charge in [-0.25, -0.2) is 0 Å². The number of aliphatic hydroxyl groups is 1. The maximum absolute atomic E-state index is 13.5. The van der Waals surface area contributed by atoms with E-state index in [1.54, 1.807) is 11.1 Å². The Hall–Kier alpha value is -3.37. The van der Waals surface area contributed by atoms with Gasteiger partial charge in [0.05, 0.1) is 5.69 Å². The predicted octanol–water partition coefficient (Wildman–Crippen LogP) is 4.38. The lowest BCUT2D eigenvalue weighted by atomic mass is 9.87. The van der Waals surface area contributed by atoms with Crippen LogP contribution in [0.4, 0.5) is 5.69 Å². The first kappa shape index (κ1) is 17.7. The molecule has 4 aromatic rings. The Labute approximate surface area is 169 Å². The van der Waals surface area contributed by atoms with Crippen molar-refractivity contribution in [3.8, 4) is 0 Å². The van der Waals surface area contributed by atoms with Gasteiger partial charge in [-0.2, -0.15) is 0 Å². The van der Waals surface area contributed by atoms with Crippen LogP contribution in [0, 0.1) is 0 Å². The molecule has 1 aromatic heterocycles. The van der Waals surface area contributed by atoms with E-state index in [1.807, 2.05) is 66.7 Å². The number of benzene rings is 3. The van der Waals surface area contributed by atoms with E-state index in [-0.39, 0.29) is 5.91 Å². The number of amides is 1. The molecule has 5 rings (SSSR count). The Morgan fingerprint density at radius 2 is 1.59 bits per heavy atom. The Bertz CT molecular complexity index is 1180. The lowest BCUT2D eigenvalue weighted by Crippen LogP contribution is -2.41. The monoisotopic (exact) mass is 382 g/mol. The van der Waals surface area contributed by atoms with Gasteiger partial charge in [-0.05, 0) is 30.5 Å². The van der Waals surface area contributed by atoms with Crippen molar-refractivity contribution in [2.45, 2.75) is 18.4 Å². The number of aromatic amines is 1. The molecule has 0 radical (unpaired) electrons. The van der Waals surface area contributed by atoms with Gasteiger partial charge in [0.2, 0.25) is 0 Å². The van der Waals surface area contributed by atoms with Crippen molar-refractivity contribution in [3.63, 3.8) is 0 Å². The molecular formula is C25H22N2O2. The molecule has 0 bridgehead atoms. The number of carbonyl (C=O) groups excluding carboxylic acids is 1. The van der Waals surface area contributed by atoms with Crippen LogP contribution in [0.1, 0.15) is 23.1 Å². The second kappa shape index (κ2) is 6.90. The molecule has 0 fully saturated rings. The van der Waals surface area contributed by atoms with Gasteiger partial charge in [0.15, 0.2) is 5.60 Å². The minimum absolute atomic E-state index is 0.281. The summed E-state index contributed by atoms with van der Waals surface area (Å²) >= 11 is 0. The molecular weight excluding hydrogens is 360 g/mol. The van der Waals surface area contributed by atoms with Crippen LogP contribution in [-0.2, 0) is 16.8 Å². The van der Waals surface area contributed by atoms with Gasteiger partial charge in [0.1, 0.15) is 0 Å². The summed E-state index contributed by atoms with van der Waals surface area (Å²) in [4.78, 5) is 18.5. The highest BCUT2D eigenvalue weighted by Crippen LogP contribution is 2.46. The number of fused-ring (bicyclic) bond motifs is 2. The van der Waals surface area contributed by atoms with Crippen molar-refractivity contribution in [2.24, 2.45) is 0 Å². The molecule has 1 amide bonds. The highest BCUT2D eigenvalue weighted by molar-refractivity contribution is 6.11. The van der Waals surface area contributed by atoms with Gasteiger partial charge in [0.25, 0.3) is 5.91 Å². The third kappa shape index (κ3) is 2.76. The zero-order valence-electron chi connectivity index (χ0n) is 16.0. The quantitative estimate of drug-likeness (QED) is 0.538. The molecule has 2 N–H and O–H groups in total. The maximum atomic E-state index is 13.5. The van der Waals surface area contributed by atoms with Gasteiger partial charge in [-0.1, -0.05) is 66.7 Å². The number of nitrogens with one attached hydrogen (secondary N) is 1. The molecule has 0 spiro atoms. The zero-order chi connectivity index (χ0) is 19.8. The molecule has 1 unspecified atom stereocenters. The number of nitrogens with zero attached hydrogens (tertiary/aromatic N) is 1. The van der Waals surface area contributed by atoms with Crippen LogP contribution in [-0.4, -0.2) is 22.5 Å². The first-order valence-electron chi connectivity index (χ1n) is 9.94. The first-order valence-corrected chi connectivity index (χ1v) is 9.94. The second-order valence-corrected chi connectivity index (χ2v) is 7.52. The van der Waals surface area contributed by atoms with Crippen molar-refractivity contribution in [1.82, 2.24) is 4.98 Å². The predicted molar refractivity (Wildman–Crippen MR) is 115 cm³/mol. The highest BCUT2D eigenvalue weighted by Gasteiger charge is 2.51. The normalized spacial score (nSPS) is 18.4. The lowest BCUT2D eigenvalue weighted by Gasteiger charge is -2.23. The Kier molecular flexibility index (Phi) is 4.22. The van der Waals surface area contributed by atoms with Crippen molar-refractivity contribution >= 4 is 22.5 Å². The van der Waals surface area contributed by atoms with Crippen LogP contribution in [0.3, 0.4) is 0 Å². The molecule has 144 valence electrons. The van der Waals surface area contributed by atoms with E-state index in [4.69, 9.17) is 0 Å². The first-order chi connectivity index (χ1) is 14.2. The molecule has 4 heteroatoms. The maximum Gasteiger partial charge on any atom is 0.268 e. The molecule has 1 aliphatic heterocycles. The second-order valence-electron chi connectivity index (χ2n) is 7.52. The number of hydrogen-bond donors (Lipinski definition) is 2. The van der Waals surface area contributed by atoms with Crippen molar-refractivity contribution in [1.29, 1.82) is 0 Å². The molecule has 2 heterocycles. The summed E-state index contributed by atoms with van der Waals surface area (Å²) in [6.07, 6.45) is 3.47. The molecule has 1 atom stereocenters. The average Bonchev–Trinajstić information content (AvgIpc) is 3.29. The van der Waals surface area contributed by atoms with E-state index in [0.29, 0.717) is 17.7 Å². The molecule has 0 saturated heterocycles. The number of carbonyl (C=O) groups is 1. The Balaban J connectivity index is 1.50. The molecule has 4 nitrogen and oxygen atoms in total. The number of aromatic nitrogens is 1. The summed E-state index contributed by atoms with van der Waals surface area (Å²) in [5.41, 5.74) is 2.52. The molecule has 1 aliphatic rings. The summed E-state index contributed by atoms with van der Waals surface area (Å²) in [7, 11) is 0. The number of hydrogen-bond acceptors (Lipinski definition) is 2. The lowest BCUT2D eigenvalue weighted by molar-refractivity contribution is -0.132. The largest absolute Gasteiger partial charge is 0.372 e. The van der Waals surface area contributed by atoms with E-state index < -0.39 is 5.60 Å². The summed E-state index contributed by atoms with van der Waals surface area (Å²) in [6.45, 7) is 0.565. The zero-order valence-corrected chi connectivity index (χ0v) is 16.0. The summed E-state index contributed by atoms with van der Waals surface area (Å²) in [5, 5.41) is 12.6. The minimum Gasteiger partial charge on any atom is -0.372 e. The number of anilines is 1. The molecule has 29 heavy (non-hydrogen) atoms. The summed E-state index contributed by atoms with van der Waals surface area (Å²) in [5.74, 6) is -0.281. The fraction of sp³-hybridized carbons (Fsp3) is 0.160. The van der Waals surface area contributed by atoms with Gasteiger partial charge in [-0.15, -0.1) is 0 Å². The van der Waals surface area contributed by atoms with Gasteiger partial charge < -0.3 is 15.0 Å². The summed E-state index contributed by atoms with van der Waals surface area (Å²) in [6, 6.07) is 25.6. The van der Waals surface area contributed by atoms with Gasteiger partial charge in [-0.3, -0.25) is 4.79 Å². The minimum atomic E-state index is -1.68. The van der Waals surface area contributed by atoms with Crippen LogP contribution in [0.5, 0.6) is 0 Å². The van der Waals surface area contributed by atoms with E-state index in [2.05, 4.69) is 17.1 Å². The Morgan fingerprint density at radius 1 is 0.862 bits per heavy atom. The van der Waals surface area contributed by atoms with Crippen LogP contribution < -0.4 is 4.90 Å². The summed E-state index contributed by atoms with van der Waals surface area (Å²) < 4.78 is 0. The van der Waals surface area contributed by atoms with E-state index in [0.717, 1.165) is 29.4 Å². The topological polar surface area (TPSA) is 56.3 Å². The number of H-pyrrole nitrogens is 1. The van der Waals surface area contributed by atoms with Crippen LogP contribution in [0.15, 0.2) is 85.1 Å². The van der Waals surface area contributed by atoms with E-state index >= 15 is 0 Å². The Morgan fingerprint density at radius 3 is 2.45 bits per heavy atom. The third-order valence-corrected chi connectivity index (χ3v) is 5.81. The van der Waals surface area contributed by atoms with Crippen molar-refractivity contribution in [3.05, 3.63) is 102 Å². The molecule has 0 saturated carbocycles. The van der Waals surface area contributed by atoms with E-state index in [9.17, 15) is 9.90 Å². The number of para-hydroxylation sites is 2. The van der Waals surface area contributed by atoms with Gasteiger partial charge >= 0.3 is 0 Å². The van der Waals surface area contributed by atoms with Crippen molar-refractivity contribution in [2.75, 3.05) is 11.4 Å².